The van der Waals surface area contributed by atoms with E-state index < -0.39 is 30.3 Å². The highest BCUT2D eigenvalue weighted by atomic mass is 16.3. The molecular formula is C19H25N3O5. The van der Waals surface area contributed by atoms with Crippen LogP contribution in [0.3, 0.4) is 0 Å². The fourth-order valence-electron chi connectivity index (χ4n) is 4.27. The average Bonchev–Trinajstić information content (AvgIpc) is 2.92. The van der Waals surface area contributed by atoms with E-state index in [1.807, 2.05) is 6.07 Å². The van der Waals surface area contributed by atoms with Gasteiger partial charge >= 0.3 is 0 Å². The van der Waals surface area contributed by atoms with E-state index in [4.69, 9.17) is 0 Å². The molecule has 27 heavy (non-hydrogen) atoms. The highest BCUT2D eigenvalue weighted by Crippen LogP contribution is 2.32. The Hall–Kier alpha value is -2.00. The van der Waals surface area contributed by atoms with Gasteiger partial charge in [-0.15, -0.1) is 0 Å². The van der Waals surface area contributed by atoms with Crippen LogP contribution in [0, 0.1) is 5.92 Å². The summed E-state index contributed by atoms with van der Waals surface area (Å²) in [5, 5.41) is 31.6. The Morgan fingerprint density at radius 3 is 2.37 bits per heavy atom. The van der Waals surface area contributed by atoms with Crippen LogP contribution < -0.4 is 10.2 Å². The maximum absolute atomic E-state index is 12.9. The van der Waals surface area contributed by atoms with Crippen LogP contribution in [0.15, 0.2) is 18.2 Å². The monoisotopic (exact) mass is 375 g/mol. The van der Waals surface area contributed by atoms with Crippen LogP contribution in [0.1, 0.15) is 46.4 Å². The first-order chi connectivity index (χ1) is 13.0. The third-order valence-corrected chi connectivity index (χ3v) is 5.93. The number of amides is 2. The fourth-order valence-corrected chi connectivity index (χ4v) is 4.27. The largest absolute Gasteiger partial charge is 0.396 e. The van der Waals surface area contributed by atoms with Crippen LogP contribution in [0.2, 0.25) is 0 Å². The standard InChI is InChI=1S/C19H25N3O5/c23-10-11-5-7-21(8-6-11)12-1-2-13-14(9-12)19(27)22(18(13)26)15-3-4-16(24)20-17(15)25/h1-2,9,11,15-17,20,23-25H,3-8,10H2. The van der Waals surface area contributed by atoms with Crippen LogP contribution in [0.25, 0.3) is 0 Å². The van der Waals surface area contributed by atoms with Crippen LogP contribution in [0.4, 0.5) is 5.69 Å². The van der Waals surface area contributed by atoms with Gasteiger partial charge in [0.1, 0.15) is 12.5 Å². The number of nitrogens with zero attached hydrogens (tertiary/aromatic N) is 2. The van der Waals surface area contributed by atoms with Gasteiger partial charge in [0.05, 0.1) is 17.2 Å². The van der Waals surface area contributed by atoms with E-state index in [0.29, 0.717) is 29.9 Å². The fraction of sp³-hybridized carbons (Fsp3) is 0.579. The lowest BCUT2D eigenvalue weighted by Gasteiger charge is -2.36. The van der Waals surface area contributed by atoms with Crippen molar-refractivity contribution in [2.45, 2.75) is 44.2 Å². The van der Waals surface area contributed by atoms with Crippen molar-refractivity contribution in [3.05, 3.63) is 29.3 Å². The Bertz CT molecular complexity index is 747. The van der Waals surface area contributed by atoms with Gasteiger partial charge in [0, 0.05) is 25.4 Å². The molecule has 3 atom stereocenters. The van der Waals surface area contributed by atoms with Crippen molar-refractivity contribution in [2.75, 3.05) is 24.6 Å². The lowest BCUT2D eigenvalue weighted by molar-refractivity contribution is -0.0413. The summed E-state index contributed by atoms with van der Waals surface area (Å²) in [6.45, 7) is 1.81. The summed E-state index contributed by atoms with van der Waals surface area (Å²) >= 11 is 0. The van der Waals surface area contributed by atoms with Gasteiger partial charge in [0.2, 0.25) is 0 Å². The first kappa shape index (κ1) is 18.4. The number of fused-ring (bicyclic) bond motifs is 1. The molecule has 146 valence electrons. The molecule has 0 aromatic heterocycles. The Morgan fingerprint density at radius 1 is 1.00 bits per heavy atom. The number of aliphatic hydroxyl groups is 3. The first-order valence-electron chi connectivity index (χ1n) is 9.49. The van der Waals surface area contributed by atoms with Crippen molar-refractivity contribution in [3.63, 3.8) is 0 Å². The predicted octanol–water partition coefficient (Wildman–Crippen LogP) is -0.120. The van der Waals surface area contributed by atoms with E-state index in [9.17, 15) is 24.9 Å². The topological polar surface area (TPSA) is 113 Å². The van der Waals surface area contributed by atoms with E-state index in [-0.39, 0.29) is 6.61 Å². The number of benzene rings is 1. The maximum Gasteiger partial charge on any atom is 0.262 e. The minimum Gasteiger partial charge on any atom is -0.396 e. The molecule has 4 rings (SSSR count). The molecule has 3 aliphatic rings. The number of carbonyl (C=O) groups is 2. The molecular weight excluding hydrogens is 350 g/mol. The summed E-state index contributed by atoms with van der Waals surface area (Å²) in [5.41, 5.74) is 1.61. The lowest BCUT2D eigenvalue weighted by Crippen LogP contribution is -2.58. The molecule has 1 aromatic carbocycles. The van der Waals surface area contributed by atoms with Crippen LogP contribution in [-0.2, 0) is 0 Å². The number of hydrogen-bond donors (Lipinski definition) is 4. The summed E-state index contributed by atoms with van der Waals surface area (Å²) in [4.78, 5) is 29.0. The van der Waals surface area contributed by atoms with Gasteiger partial charge in [-0.25, -0.2) is 0 Å². The van der Waals surface area contributed by atoms with Gasteiger partial charge in [-0.1, -0.05) is 0 Å². The Kier molecular flexibility index (Phi) is 4.90. The normalized spacial score (nSPS) is 29.4. The molecule has 3 unspecified atom stereocenters. The summed E-state index contributed by atoms with van der Waals surface area (Å²) < 4.78 is 0. The number of rotatable bonds is 3. The van der Waals surface area contributed by atoms with Gasteiger partial charge in [0.25, 0.3) is 11.8 Å². The van der Waals surface area contributed by atoms with E-state index in [0.717, 1.165) is 36.5 Å². The van der Waals surface area contributed by atoms with E-state index in [1.165, 1.54) is 0 Å². The number of imide groups is 1. The Labute approximate surface area is 157 Å². The second-order valence-corrected chi connectivity index (χ2v) is 7.60. The smallest absolute Gasteiger partial charge is 0.262 e. The van der Waals surface area contributed by atoms with E-state index in [2.05, 4.69) is 10.2 Å². The highest BCUT2D eigenvalue weighted by molar-refractivity contribution is 6.22. The summed E-state index contributed by atoms with van der Waals surface area (Å²) in [5.74, 6) is -0.475. The second-order valence-electron chi connectivity index (χ2n) is 7.60. The number of nitrogens with one attached hydrogen (secondary N) is 1. The molecule has 0 radical (unpaired) electrons. The number of aliphatic hydroxyl groups excluding tert-OH is 3. The third kappa shape index (κ3) is 3.23. The molecule has 0 spiro atoms. The first-order valence-corrected chi connectivity index (χ1v) is 9.49. The summed E-state index contributed by atoms with van der Waals surface area (Å²) in [6.07, 6.45) is 0.527. The second kappa shape index (κ2) is 7.20. The molecule has 0 saturated carbocycles. The van der Waals surface area contributed by atoms with Gasteiger partial charge < -0.3 is 20.2 Å². The van der Waals surface area contributed by atoms with Crippen molar-refractivity contribution in [3.8, 4) is 0 Å². The number of hydrogen-bond acceptors (Lipinski definition) is 7. The van der Waals surface area contributed by atoms with Gasteiger partial charge in [0.15, 0.2) is 0 Å². The molecule has 2 amide bonds. The van der Waals surface area contributed by atoms with Crippen molar-refractivity contribution < 1.29 is 24.9 Å². The molecule has 3 aliphatic heterocycles. The molecule has 8 nitrogen and oxygen atoms in total. The highest BCUT2D eigenvalue weighted by Gasteiger charge is 2.44. The zero-order valence-corrected chi connectivity index (χ0v) is 15.0. The van der Waals surface area contributed by atoms with Gasteiger partial charge in [-0.3, -0.25) is 19.8 Å². The average molecular weight is 375 g/mol. The van der Waals surface area contributed by atoms with Gasteiger partial charge in [-0.05, 0) is 49.8 Å². The number of anilines is 1. The van der Waals surface area contributed by atoms with E-state index in [1.54, 1.807) is 12.1 Å². The zero-order chi connectivity index (χ0) is 19.1. The van der Waals surface area contributed by atoms with Crippen molar-refractivity contribution >= 4 is 17.5 Å². The third-order valence-electron chi connectivity index (χ3n) is 5.93. The predicted molar refractivity (Wildman–Crippen MR) is 97.1 cm³/mol. The number of carbonyl (C=O) groups excluding carboxylic acids is 2. The summed E-state index contributed by atoms with van der Waals surface area (Å²) in [7, 11) is 0. The minimum absolute atomic E-state index is 0.201. The molecule has 4 N–H and O–H groups in total. The van der Waals surface area contributed by atoms with Gasteiger partial charge in [-0.2, -0.15) is 0 Å². The summed E-state index contributed by atoms with van der Waals surface area (Å²) in [6, 6.07) is 4.60. The lowest BCUT2D eigenvalue weighted by atomic mass is 9.97. The molecule has 0 bridgehead atoms. The molecule has 0 aliphatic carbocycles. The van der Waals surface area contributed by atoms with Crippen molar-refractivity contribution in [1.29, 1.82) is 0 Å². The van der Waals surface area contributed by atoms with E-state index >= 15 is 0 Å². The Balaban J connectivity index is 1.55. The van der Waals surface area contributed by atoms with Crippen molar-refractivity contribution in [2.24, 2.45) is 5.92 Å². The Morgan fingerprint density at radius 2 is 1.70 bits per heavy atom. The van der Waals surface area contributed by atoms with Crippen LogP contribution in [0.5, 0.6) is 0 Å². The number of piperidine rings is 2. The molecule has 2 fully saturated rings. The zero-order valence-electron chi connectivity index (χ0n) is 15.0. The molecule has 3 heterocycles. The van der Waals surface area contributed by atoms with Crippen LogP contribution >= 0.6 is 0 Å². The maximum atomic E-state index is 12.9. The quantitative estimate of drug-likeness (QED) is 0.545. The molecule has 8 heteroatoms. The van der Waals surface area contributed by atoms with Crippen LogP contribution in [-0.4, -0.2) is 70.2 Å². The van der Waals surface area contributed by atoms with Crippen molar-refractivity contribution in [1.82, 2.24) is 10.2 Å². The molecule has 1 aromatic rings. The minimum atomic E-state index is -1.15. The molecule has 2 saturated heterocycles. The SMILES string of the molecule is O=C1c2ccc(N3CCC(CO)CC3)cc2C(=O)N1C1CCC(O)NC1O.